The molecule has 6 nitrogen and oxygen atoms in total. The summed E-state index contributed by atoms with van der Waals surface area (Å²) in [6.45, 7) is 8.99. The Hall–Kier alpha value is -2.48. The van der Waals surface area contributed by atoms with Crippen molar-refractivity contribution >= 4 is 22.0 Å². The monoisotopic (exact) mass is 455 g/mol. The third-order valence-electron chi connectivity index (χ3n) is 5.83. The Bertz CT molecular complexity index is 1050. The molecule has 1 heterocycles. The van der Waals surface area contributed by atoms with Gasteiger partial charge in [-0.05, 0) is 37.5 Å². The number of amides is 1. The highest BCUT2D eigenvalue weighted by molar-refractivity contribution is 7.89. The Balaban J connectivity index is 1.54. The third kappa shape index (κ3) is 5.85. The van der Waals surface area contributed by atoms with Crippen LogP contribution in [0.1, 0.15) is 22.3 Å². The van der Waals surface area contributed by atoms with Crippen molar-refractivity contribution in [3.8, 4) is 0 Å². The number of carbonyl (C=O) groups is 1. The second-order valence-electron chi connectivity index (χ2n) is 8.48. The number of rotatable bonds is 7. The molecule has 0 aromatic heterocycles. The standard InChI is InChI=1S/C25H33N3O3S/c1-20-17-21(2)25(22(3)18-20)32(30,31)26(4)19-24(29)28-15-13-27(14-16-28)12-8-11-23-9-6-5-7-10-23/h5-11,17-18H,12-16,19H2,1-4H3/b11-8+. The number of hydrogen-bond donors (Lipinski definition) is 0. The van der Waals surface area contributed by atoms with Crippen LogP contribution in [0.15, 0.2) is 53.4 Å². The molecule has 0 bridgehead atoms. The van der Waals surface area contributed by atoms with Crippen molar-refractivity contribution < 1.29 is 13.2 Å². The summed E-state index contributed by atoms with van der Waals surface area (Å²) in [4.78, 5) is 17.2. The Morgan fingerprint density at radius 1 is 1.00 bits per heavy atom. The van der Waals surface area contributed by atoms with Gasteiger partial charge in [-0.2, -0.15) is 4.31 Å². The highest BCUT2D eigenvalue weighted by atomic mass is 32.2. The highest BCUT2D eigenvalue weighted by Crippen LogP contribution is 2.24. The largest absolute Gasteiger partial charge is 0.339 e. The van der Waals surface area contributed by atoms with Crippen LogP contribution in [0, 0.1) is 20.8 Å². The van der Waals surface area contributed by atoms with Crippen LogP contribution in [0.3, 0.4) is 0 Å². The maximum atomic E-state index is 13.1. The Morgan fingerprint density at radius 3 is 2.19 bits per heavy atom. The van der Waals surface area contributed by atoms with Crippen molar-refractivity contribution in [2.75, 3.05) is 46.3 Å². The van der Waals surface area contributed by atoms with Crippen LogP contribution in [0.2, 0.25) is 0 Å². The van der Waals surface area contributed by atoms with Gasteiger partial charge >= 0.3 is 0 Å². The highest BCUT2D eigenvalue weighted by Gasteiger charge is 2.29. The number of likely N-dealkylation sites (N-methyl/N-ethyl adjacent to an activating group) is 1. The second kappa shape index (κ2) is 10.4. The lowest BCUT2D eigenvalue weighted by atomic mass is 10.1. The molecule has 0 saturated carbocycles. The lowest BCUT2D eigenvalue weighted by Crippen LogP contribution is -2.51. The molecule has 172 valence electrons. The molecule has 1 aliphatic rings. The molecule has 2 aromatic carbocycles. The minimum atomic E-state index is -3.73. The summed E-state index contributed by atoms with van der Waals surface area (Å²) in [7, 11) is -2.25. The predicted molar refractivity (Wildman–Crippen MR) is 129 cm³/mol. The van der Waals surface area contributed by atoms with E-state index in [9.17, 15) is 13.2 Å². The molecule has 1 aliphatic heterocycles. The lowest BCUT2D eigenvalue weighted by molar-refractivity contribution is -0.132. The SMILES string of the molecule is Cc1cc(C)c(S(=O)(=O)N(C)CC(=O)N2CCN(C/C=C/c3ccccc3)CC2)c(C)c1. The minimum Gasteiger partial charge on any atom is -0.339 e. The van der Waals surface area contributed by atoms with Gasteiger partial charge in [0.2, 0.25) is 15.9 Å². The third-order valence-corrected chi connectivity index (χ3v) is 7.94. The summed E-state index contributed by atoms with van der Waals surface area (Å²) >= 11 is 0. The van der Waals surface area contributed by atoms with Crippen molar-refractivity contribution in [2.45, 2.75) is 25.7 Å². The van der Waals surface area contributed by atoms with Crippen molar-refractivity contribution in [2.24, 2.45) is 0 Å². The van der Waals surface area contributed by atoms with Gasteiger partial charge in [-0.1, -0.05) is 60.2 Å². The normalized spacial score (nSPS) is 15.6. The zero-order valence-corrected chi connectivity index (χ0v) is 20.2. The number of hydrogen-bond acceptors (Lipinski definition) is 4. The zero-order valence-electron chi connectivity index (χ0n) is 19.4. The molecule has 7 heteroatoms. The van der Waals surface area contributed by atoms with Crippen LogP contribution in [-0.4, -0.2) is 74.7 Å². The van der Waals surface area contributed by atoms with E-state index in [1.807, 2.05) is 37.3 Å². The first-order valence-electron chi connectivity index (χ1n) is 10.9. The molecule has 2 aromatic rings. The van der Waals surface area contributed by atoms with Crippen LogP contribution in [-0.2, 0) is 14.8 Å². The fourth-order valence-electron chi connectivity index (χ4n) is 4.19. The molecule has 0 N–H and O–H groups in total. The summed E-state index contributed by atoms with van der Waals surface area (Å²) in [5.74, 6) is -0.155. The molecule has 0 aliphatic carbocycles. The summed E-state index contributed by atoms with van der Waals surface area (Å²) < 4.78 is 27.4. The molecule has 0 atom stereocenters. The topological polar surface area (TPSA) is 60.9 Å². The van der Waals surface area contributed by atoms with Crippen molar-refractivity contribution in [1.29, 1.82) is 0 Å². The van der Waals surface area contributed by atoms with E-state index < -0.39 is 10.0 Å². The number of nitrogens with zero attached hydrogens (tertiary/aromatic N) is 3. The Labute approximate surface area is 192 Å². The number of benzene rings is 2. The first-order chi connectivity index (χ1) is 15.2. The van der Waals surface area contributed by atoms with E-state index in [4.69, 9.17) is 0 Å². The van der Waals surface area contributed by atoms with Crippen molar-refractivity contribution in [3.05, 3.63) is 70.8 Å². The Morgan fingerprint density at radius 2 is 1.59 bits per heavy atom. The maximum Gasteiger partial charge on any atom is 0.243 e. The molecule has 0 unspecified atom stereocenters. The Kier molecular flexibility index (Phi) is 7.87. The number of sulfonamides is 1. The first-order valence-corrected chi connectivity index (χ1v) is 12.4. The van der Waals surface area contributed by atoms with Gasteiger partial charge in [0.05, 0.1) is 11.4 Å². The van der Waals surface area contributed by atoms with Gasteiger partial charge in [0.25, 0.3) is 0 Å². The van der Waals surface area contributed by atoms with E-state index in [0.717, 1.165) is 25.2 Å². The van der Waals surface area contributed by atoms with Gasteiger partial charge in [0.15, 0.2) is 0 Å². The minimum absolute atomic E-state index is 0.150. The van der Waals surface area contributed by atoms with Crippen LogP contribution >= 0.6 is 0 Å². The van der Waals surface area contributed by atoms with Crippen molar-refractivity contribution in [3.63, 3.8) is 0 Å². The smallest absolute Gasteiger partial charge is 0.243 e. The first kappa shape index (κ1) is 24.2. The molecule has 1 amide bonds. The molecule has 32 heavy (non-hydrogen) atoms. The van der Waals surface area contributed by atoms with Gasteiger partial charge in [-0.15, -0.1) is 0 Å². The fourth-order valence-corrected chi connectivity index (χ4v) is 5.71. The van der Waals surface area contributed by atoms with E-state index in [1.54, 1.807) is 18.7 Å². The summed E-state index contributed by atoms with van der Waals surface area (Å²) in [6.07, 6.45) is 4.24. The summed E-state index contributed by atoms with van der Waals surface area (Å²) in [5, 5.41) is 0. The average Bonchev–Trinajstić information content (AvgIpc) is 2.74. The van der Waals surface area contributed by atoms with Crippen molar-refractivity contribution in [1.82, 2.24) is 14.1 Å². The lowest BCUT2D eigenvalue weighted by Gasteiger charge is -2.35. The van der Waals surface area contributed by atoms with Crippen LogP contribution in [0.25, 0.3) is 6.08 Å². The van der Waals surface area contributed by atoms with E-state index in [2.05, 4.69) is 29.2 Å². The van der Waals surface area contributed by atoms with Gasteiger partial charge in [0, 0.05) is 39.8 Å². The van der Waals surface area contributed by atoms with Crippen LogP contribution in [0.4, 0.5) is 0 Å². The average molecular weight is 456 g/mol. The fraction of sp³-hybridized carbons (Fsp3) is 0.400. The molecule has 1 saturated heterocycles. The summed E-state index contributed by atoms with van der Waals surface area (Å²) in [5.41, 5.74) is 3.61. The van der Waals surface area contributed by atoms with Crippen LogP contribution < -0.4 is 0 Å². The maximum absolute atomic E-state index is 13.1. The van der Waals surface area contributed by atoms with Gasteiger partial charge < -0.3 is 4.90 Å². The second-order valence-corrected chi connectivity index (χ2v) is 10.5. The van der Waals surface area contributed by atoms with E-state index in [1.165, 1.54) is 16.9 Å². The number of piperazine rings is 1. The molecular weight excluding hydrogens is 422 g/mol. The molecule has 0 spiro atoms. The molecule has 3 rings (SSSR count). The van der Waals surface area contributed by atoms with Gasteiger partial charge in [0.1, 0.15) is 0 Å². The quantitative estimate of drug-likeness (QED) is 0.644. The summed E-state index contributed by atoms with van der Waals surface area (Å²) in [6, 6.07) is 13.9. The number of carbonyl (C=O) groups excluding carboxylic acids is 1. The van der Waals surface area contributed by atoms with Gasteiger partial charge in [-0.25, -0.2) is 8.42 Å². The molecular formula is C25H33N3O3S. The zero-order chi connectivity index (χ0) is 23.3. The van der Waals surface area contributed by atoms with E-state index >= 15 is 0 Å². The van der Waals surface area contributed by atoms with E-state index in [-0.39, 0.29) is 12.5 Å². The predicted octanol–water partition coefficient (Wildman–Crippen LogP) is 3.09. The number of aryl methyl sites for hydroxylation is 3. The molecule has 0 radical (unpaired) electrons. The van der Waals surface area contributed by atoms with Gasteiger partial charge in [-0.3, -0.25) is 9.69 Å². The van der Waals surface area contributed by atoms with Crippen LogP contribution in [0.5, 0.6) is 0 Å². The molecule has 1 fully saturated rings. The van der Waals surface area contributed by atoms with E-state index in [0.29, 0.717) is 29.1 Å².